The molecule has 0 amide bonds. The number of rotatable bonds is 6. The Hall–Kier alpha value is -2.85. The number of allylic oxidation sites excluding steroid dienone is 4. The average molecular weight is 397 g/mol. The van der Waals surface area contributed by atoms with E-state index in [4.69, 9.17) is 21.1 Å². The third-order valence-corrected chi connectivity index (χ3v) is 5.31. The van der Waals surface area contributed by atoms with E-state index in [1.165, 1.54) is 21.1 Å². The van der Waals surface area contributed by atoms with Gasteiger partial charge >= 0.3 is 0 Å². The second-order valence-electron chi connectivity index (χ2n) is 6.57. The molecule has 28 heavy (non-hydrogen) atoms. The van der Waals surface area contributed by atoms with Crippen molar-refractivity contribution in [2.24, 2.45) is 5.41 Å². The van der Waals surface area contributed by atoms with Crippen LogP contribution in [0.15, 0.2) is 65.7 Å². The van der Waals surface area contributed by atoms with Gasteiger partial charge in [0.2, 0.25) is 0 Å². The molecule has 0 N–H and O–H groups in total. The summed E-state index contributed by atoms with van der Waals surface area (Å²) in [5.41, 5.74) is 0.269. The monoisotopic (exact) mass is 396 g/mol. The van der Waals surface area contributed by atoms with Crippen molar-refractivity contribution in [1.29, 1.82) is 0 Å². The van der Waals surface area contributed by atoms with Crippen LogP contribution in [-0.4, -0.2) is 25.8 Å². The maximum absolute atomic E-state index is 13.9. The molecule has 3 rings (SSSR count). The maximum Gasteiger partial charge on any atom is 0.185 e. The van der Waals surface area contributed by atoms with Gasteiger partial charge in [0.1, 0.15) is 11.2 Å². The molecule has 0 fully saturated rings. The van der Waals surface area contributed by atoms with Crippen molar-refractivity contribution in [2.75, 3.05) is 14.2 Å². The van der Waals surface area contributed by atoms with E-state index in [9.17, 15) is 9.59 Å². The summed E-state index contributed by atoms with van der Waals surface area (Å²) >= 11 is 6.32. The van der Waals surface area contributed by atoms with Crippen molar-refractivity contribution < 1.29 is 19.1 Å². The van der Waals surface area contributed by atoms with Crippen molar-refractivity contribution in [1.82, 2.24) is 0 Å². The molecule has 1 unspecified atom stereocenters. The molecule has 144 valence electrons. The zero-order valence-electron chi connectivity index (χ0n) is 16.0. The molecule has 0 spiro atoms. The lowest BCUT2D eigenvalue weighted by Crippen LogP contribution is -2.40. The van der Waals surface area contributed by atoms with Gasteiger partial charge in [-0.25, -0.2) is 0 Å². The molecule has 4 nitrogen and oxygen atoms in total. The lowest BCUT2D eigenvalue weighted by atomic mass is 9.65. The minimum atomic E-state index is -1.44. The number of Topliss-reactive ketones (excluding diaryl/α,β-unsaturated/α-hetero) is 2. The normalized spacial score (nSPS) is 18.7. The van der Waals surface area contributed by atoms with Gasteiger partial charge in [-0.2, -0.15) is 0 Å². The maximum atomic E-state index is 13.9. The molecule has 0 aliphatic heterocycles. The highest BCUT2D eigenvalue weighted by molar-refractivity contribution is 6.32. The fourth-order valence-electron chi connectivity index (χ4n) is 3.66. The number of hydrogen-bond acceptors (Lipinski definition) is 4. The second kappa shape index (κ2) is 8.03. The van der Waals surface area contributed by atoms with E-state index in [0.29, 0.717) is 22.1 Å². The molecular formula is C23H21ClO4. The van der Waals surface area contributed by atoms with Gasteiger partial charge in [0.25, 0.3) is 0 Å². The smallest absolute Gasteiger partial charge is 0.185 e. The topological polar surface area (TPSA) is 52.6 Å². The van der Waals surface area contributed by atoms with Crippen LogP contribution in [0, 0.1) is 5.41 Å². The van der Waals surface area contributed by atoms with E-state index < -0.39 is 5.41 Å². The number of benzene rings is 2. The summed E-state index contributed by atoms with van der Waals surface area (Å²) in [5, 5.41) is 0.449. The zero-order chi connectivity index (χ0) is 20.3. The van der Waals surface area contributed by atoms with Crippen LogP contribution in [0.2, 0.25) is 0 Å². The Morgan fingerprint density at radius 1 is 0.964 bits per heavy atom. The van der Waals surface area contributed by atoms with Crippen LogP contribution >= 0.6 is 11.6 Å². The first-order valence-electron chi connectivity index (χ1n) is 8.84. The summed E-state index contributed by atoms with van der Waals surface area (Å²) < 4.78 is 10.8. The van der Waals surface area contributed by atoms with E-state index >= 15 is 0 Å². The lowest BCUT2D eigenvalue weighted by molar-refractivity contribution is -0.121. The number of para-hydroxylation sites is 1. The van der Waals surface area contributed by atoms with Crippen molar-refractivity contribution >= 4 is 28.7 Å². The van der Waals surface area contributed by atoms with Crippen molar-refractivity contribution in [3.05, 3.63) is 76.8 Å². The largest absolute Gasteiger partial charge is 0.493 e. The van der Waals surface area contributed by atoms with Crippen LogP contribution in [0.3, 0.4) is 0 Å². The van der Waals surface area contributed by atoms with Gasteiger partial charge in [-0.3, -0.25) is 9.59 Å². The molecule has 2 aromatic carbocycles. The Labute approximate surface area is 169 Å². The van der Waals surface area contributed by atoms with Crippen LogP contribution in [-0.2, 0) is 4.79 Å². The number of ketones is 2. The molecule has 5 heteroatoms. The van der Waals surface area contributed by atoms with Gasteiger partial charge in [0, 0.05) is 11.5 Å². The predicted octanol–water partition coefficient (Wildman–Crippen LogP) is 5.07. The van der Waals surface area contributed by atoms with Crippen molar-refractivity contribution in [3.8, 4) is 11.5 Å². The molecule has 2 aromatic rings. The average Bonchev–Trinajstić information content (AvgIpc) is 2.72. The predicted molar refractivity (Wildman–Crippen MR) is 110 cm³/mol. The number of halogens is 1. The van der Waals surface area contributed by atoms with Gasteiger partial charge in [-0.05, 0) is 36.3 Å². The van der Waals surface area contributed by atoms with Gasteiger partial charge in [-0.1, -0.05) is 54.1 Å². The van der Waals surface area contributed by atoms with Crippen LogP contribution in [0.25, 0.3) is 5.57 Å². The van der Waals surface area contributed by atoms with Gasteiger partial charge in [0.05, 0.1) is 19.8 Å². The third-order valence-electron chi connectivity index (χ3n) is 5.05. The van der Waals surface area contributed by atoms with E-state index in [0.717, 1.165) is 5.56 Å². The molecular weight excluding hydrogens is 376 g/mol. The molecule has 0 bridgehead atoms. The Morgan fingerprint density at radius 2 is 1.68 bits per heavy atom. The number of hydrogen-bond donors (Lipinski definition) is 0. The molecule has 1 aliphatic rings. The van der Waals surface area contributed by atoms with Gasteiger partial charge in [-0.15, -0.1) is 0 Å². The van der Waals surface area contributed by atoms with Crippen molar-refractivity contribution in [3.63, 3.8) is 0 Å². The van der Waals surface area contributed by atoms with E-state index in [-0.39, 0.29) is 23.6 Å². The van der Waals surface area contributed by atoms with Gasteiger partial charge in [0.15, 0.2) is 17.3 Å². The summed E-state index contributed by atoms with van der Waals surface area (Å²) in [6.45, 7) is 1.43. The zero-order valence-corrected chi connectivity index (χ0v) is 16.7. The highest BCUT2D eigenvalue weighted by Gasteiger charge is 2.49. The van der Waals surface area contributed by atoms with Gasteiger partial charge < -0.3 is 9.47 Å². The summed E-state index contributed by atoms with van der Waals surface area (Å²) in [4.78, 5) is 26.9. The number of methoxy groups -OCH3 is 2. The third kappa shape index (κ3) is 3.25. The van der Waals surface area contributed by atoms with E-state index in [2.05, 4.69) is 0 Å². The van der Waals surface area contributed by atoms with E-state index in [1.54, 1.807) is 30.4 Å². The molecule has 1 aliphatic carbocycles. The minimum Gasteiger partial charge on any atom is -0.493 e. The minimum absolute atomic E-state index is 0.101. The number of carbonyl (C=O) groups is 2. The molecule has 0 radical (unpaired) electrons. The first kappa shape index (κ1) is 19.9. The second-order valence-corrected chi connectivity index (χ2v) is 7.05. The van der Waals surface area contributed by atoms with Crippen LogP contribution in [0.5, 0.6) is 11.5 Å². The Bertz CT molecular complexity index is 975. The fourth-order valence-corrected chi connectivity index (χ4v) is 3.92. The highest BCUT2D eigenvalue weighted by Crippen LogP contribution is 2.49. The van der Waals surface area contributed by atoms with E-state index in [1.807, 2.05) is 30.3 Å². The first-order chi connectivity index (χ1) is 13.5. The summed E-state index contributed by atoms with van der Waals surface area (Å²) in [7, 11) is 2.97. The highest BCUT2D eigenvalue weighted by atomic mass is 35.5. The molecule has 0 saturated carbocycles. The van der Waals surface area contributed by atoms with Crippen LogP contribution < -0.4 is 9.47 Å². The first-order valence-corrected chi connectivity index (χ1v) is 9.22. The summed E-state index contributed by atoms with van der Waals surface area (Å²) in [5.74, 6) is 0.0873. The Morgan fingerprint density at radius 3 is 2.29 bits per heavy atom. The number of carbonyl (C=O) groups excluding carboxylic acids is 2. The fraction of sp³-hybridized carbons (Fsp3) is 0.217. The Kier molecular flexibility index (Phi) is 5.71. The number of ether oxygens (including phenoxy) is 2. The summed E-state index contributed by atoms with van der Waals surface area (Å²) in [6, 6.07) is 14.4. The molecule has 1 atom stereocenters. The molecule has 0 aromatic heterocycles. The van der Waals surface area contributed by atoms with Crippen molar-refractivity contribution in [2.45, 2.75) is 13.3 Å². The lowest BCUT2D eigenvalue weighted by Gasteiger charge is -2.35. The van der Waals surface area contributed by atoms with Crippen LogP contribution in [0.4, 0.5) is 0 Å². The molecule has 0 saturated heterocycles. The quantitative estimate of drug-likeness (QED) is 0.505. The summed E-state index contributed by atoms with van der Waals surface area (Å²) in [6.07, 6.45) is 3.60. The molecule has 0 heterocycles. The standard InChI is InChI=1S/C23H21ClO4/c1-15(25)23(22(26)18-10-7-11-20(27-2)21(18)28-3)14-17(24)12-13-19(23)16-8-5-4-6-9-16/h4-13H,14H2,1-3H3. The van der Waals surface area contributed by atoms with Crippen LogP contribution in [0.1, 0.15) is 29.3 Å². The SMILES string of the molecule is COc1cccc(C(=O)C2(C(C)=O)CC(Cl)=CC=C2c2ccccc2)c1OC. The Balaban J connectivity index is 2.25.